The minimum absolute atomic E-state index is 0. The van der Waals surface area contributed by atoms with Crippen molar-refractivity contribution in [3.05, 3.63) is 28.8 Å². The number of carbonyl (C=O) groups excluding carboxylic acids is 1. The van der Waals surface area contributed by atoms with Crippen LogP contribution in [0.4, 0.5) is 0 Å². The monoisotopic (exact) mass is 334 g/mol. The molecule has 0 aromatic heterocycles. The summed E-state index contributed by atoms with van der Waals surface area (Å²) in [5, 5.41) is 3.52. The Balaban J connectivity index is 0.00000400. The van der Waals surface area contributed by atoms with Crippen molar-refractivity contribution in [2.45, 2.75) is 39.2 Å². The fourth-order valence-electron chi connectivity index (χ4n) is 1.54. The van der Waals surface area contributed by atoms with E-state index in [1.54, 1.807) is 0 Å². The predicted molar refractivity (Wildman–Crippen MR) is 89.4 cm³/mol. The predicted octanol–water partition coefficient (Wildman–Crippen LogP) is 3.08. The molecule has 0 saturated carbocycles. The van der Waals surface area contributed by atoms with E-state index in [-0.39, 0.29) is 23.9 Å². The number of aryl methyl sites for hydroxylation is 1. The number of hydrogen-bond donors (Lipinski definition) is 2. The maximum atomic E-state index is 11.6. The molecule has 120 valence electrons. The molecule has 0 fully saturated rings. The normalized spacial score (nSPS) is 10.7. The van der Waals surface area contributed by atoms with Crippen molar-refractivity contribution in [2.24, 2.45) is 5.73 Å². The third-order valence-electron chi connectivity index (χ3n) is 2.69. The van der Waals surface area contributed by atoms with Gasteiger partial charge in [0.25, 0.3) is 0 Å². The molecule has 1 rings (SSSR count). The summed E-state index contributed by atoms with van der Waals surface area (Å²) in [5.74, 6) is 0.773. The summed E-state index contributed by atoms with van der Waals surface area (Å²) in [5.41, 5.74) is 6.39. The van der Waals surface area contributed by atoms with Crippen LogP contribution in [-0.4, -0.2) is 24.6 Å². The molecule has 0 spiro atoms. The first kappa shape index (κ1) is 20.0. The van der Waals surface area contributed by atoms with Crippen LogP contribution in [-0.2, 0) is 4.79 Å². The molecule has 21 heavy (non-hydrogen) atoms. The smallest absolute Gasteiger partial charge is 0.220 e. The van der Waals surface area contributed by atoms with E-state index < -0.39 is 0 Å². The number of carbonyl (C=O) groups is 1. The average Bonchev–Trinajstić information content (AvgIpc) is 2.35. The number of amides is 1. The van der Waals surface area contributed by atoms with Crippen molar-refractivity contribution in [3.63, 3.8) is 0 Å². The van der Waals surface area contributed by atoms with Gasteiger partial charge in [-0.2, -0.15) is 0 Å². The molecule has 0 aliphatic carbocycles. The van der Waals surface area contributed by atoms with Crippen LogP contribution in [0.1, 0.15) is 32.3 Å². The molecule has 0 saturated heterocycles. The number of benzene rings is 1. The Bertz CT molecular complexity index is 459. The first-order chi connectivity index (χ1) is 9.28. The van der Waals surface area contributed by atoms with Gasteiger partial charge >= 0.3 is 0 Å². The van der Waals surface area contributed by atoms with Crippen LogP contribution in [0.2, 0.25) is 5.02 Å². The zero-order valence-electron chi connectivity index (χ0n) is 12.7. The lowest BCUT2D eigenvalue weighted by Gasteiger charge is -2.18. The molecule has 0 atom stereocenters. The lowest BCUT2D eigenvalue weighted by molar-refractivity contribution is -0.121. The highest BCUT2D eigenvalue weighted by Gasteiger charge is 2.11. The van der Waals surface area contributed by atoms with Crippen LogP contribution in [0.15, 0.2) is 18.2 Å². The lowest BCUT2D eigenvalue weighted by atomic mass is 10.1. The third kappa shape index (κ3) is 8.81. The molecule has 1 aromatic carbocycles. The van der Waals surface area contributed by atoms with Gasteiger partial charge in [0.05, 0.1) is 6.61 Å². The molecule has 0 aliphatic heterocycles. The number of nitrogens with two attached hydrogens (primary N) is 1. The molecule has 0 aliphatic rings. The zero-order chi connectivity index (χ0) is 15.2. The Labute approximate surface area is 137 Å². The van der Waals surface area contributed by atoms with Gasteiger partial charge in [-0.25, -0.2) is 0 Å². The van der Waals surface area contributed by atoms with E-state index in [4.69, 9.17) is 22.1 Å². The summed E-state index contributed by atoms with van der Waals surface area (Å²) in [6.07, 6.45) is 1.10. The number of ether oxygens (including phenoxy) is 1. The highest BCUT2D eigenvalue weighted by Crippen LogP contribution is 2.21. The molecule has 1 aromatic rings. The van der Waals surface area contributed by atoms with Gasteiger partial charge in [0.2, 0.25) is 5.91 Å². The summed E-state index contributed by atoms with van der Waals surface area (Å²) in [6.45, 7) is 6.65. The van der Waals surface area contributed by atoms with Crippen LogP contribution in [0.25, 0.3) is 0 Å². The topological polar surface area (TPSA) is 64.3 Å². The standard InChI is InChI=1S/C15H23ClN2O2.ClH/c1-11-9-12(6-7-13(11)16)20-8-4-5-14(19)18-10-15(2,3)17;/h6-7,9H,4-5,8,10,17H2,1-3H3,(H,18,19);1H. The van der Waals surface area contributed by atoms with Gasteiger partial charge in [0.1, 0.15) is 5.75 Å². The molecule has 1 amide bonds. The third-order valence-corrected chi connectivity index (χ3v) is 3.11. The summed E-state index contributed by atoms with van der Waals surface area (Å²) >= 11 is 5.94. The van der Waals surface area contributed by atoms with Gasteiger partial charge in [-0.05, 0) is 51.0 Å². The van der Waals surface area contributed by atoms with Crippen LogP contribution in [0.5, 0.6) is 5.75 Å². The van der Waals surface area contributed by atoms with E-state index in [1.807, 2.05) is 39.0 Å². The Morgan fingerprint density at radius 2 is 2.10 bits per heavy atom. The van der Waals surface area contributed by atoms with E-state index in [1.165, 1.54) is 0 Å². The van der Waals surface area contributed by atoms with Gasteiger partial charge in [-0.3, -0.25) is 4.79 Å². The van der Waals surface area contributed by atoms with Crippen LogP contribution in [0.3, 0.4) is 0 Å². The second-order valence-electron chi connectivity index (χ2n) is 5.63. The van der Waals surface area contributed by atoms with Crippen LogP contribution in [0, 0.1) is 6.92 Å². The molecule has 3 N–H and O–H groups in total. The fourth-order valence-corrected chi connectivity index (χ4v) is 1.66. The Hall–Kier alpha value is -0.970. The van der Waals surface area contributed by atoms with Crippen molar-refractivity contribution < 1.29 is 9.53 Å². The molecular weight excluding hydrogens is 311 g/mol. The minimum atomic E-state index is -0.382. The maximum Gasteiger partial charge on any atom is 0.220 e. The highest BCUT2D eigenvalue weighted by molar-refractivity contribution is 6.31. The van der Waals surface area contributed by atoms with E-state index >= 15 is 0 Å². The van der Waals surface area contributed by atoms with E-state index in [0.717, 1.165) is 16.3 Å². The van der Waals surface area contributed by atoms with E-state index in [2.05, 4.69) is 5.32 Å². The van der Waals surface area contributed by atoms with E-state index in [9.17, 15) is 4.79 Å². The molecular formula is C15H24Cl2N2O2. The van der Waals surface area contributed by atoms with Crippen molar-refractivity contribution in [3.8, 4) is 5.75 Å². The Morgan fingerprint density at radius 3 is 2.67 bits per heavy atom. The van der Waals surface area contributed by atoms with Gasteiger partial charge in [0, 0.05) is 23.5 Å². The number of rotatable bonds is 7. The van der Waals surface area contributed by atoms with Gasteiger partial charge in [-0.15, -0.1) is 12.4 Å². The summed E-state index contributed by atoms with van der Waals surface area (Å²) in [4.78, 5) is 11.6. The average molecular weight is 335 g/mol. The maximum absolute atomic E-state index is 11.6. The minimum Gasteiger partial charge on any atom is -0.494 e. The van der Waals surface area contributed by atoms with Crippen molar-refractivity contribution in [1.29, 1.82) is 0 Å². The van der Waals surface area contributed by atoms with Crippen LogP contribution < -0.4 is 15.8 Å². The molecule has 4 nitrogen and oxygen atoms in total. The SMILES string of the molecule is Cc1cc(OCCCC(=O)NCC(C)(C)N)ccc1Cl.Cl. The van der Waals surface area contributed by atoms with Crippen molar-refractivity contribution in [2.75, 3.05) is 13.2 Å². The second-order valence-corrected chi connectivity index (χ2v) is 6.04. The van der Waals surface area contributed by atoms with Gasteiger partial charge < -0.3 is 15.8 Å². The number of hydrogen-bond acceptors (Lipinski definition) is 3. The molecule has 0 unspecified atom stereocenters. The summed E-state index contributed by atoms with van der Waals surface area (Å²) in [7, 11) is 0. The first-order valence-electron chi connectivity index (χ1n) is 6.72. The quantitative estimate of drug-likeness (QED) is 0.753. The molecule has 0 radical (unpaired) electrons. The molecule has 6 heteroatoms. The lowest BCUT2D eigenvalue weighted by Crippen LogP contribution is -2.45. The fraction of sp³-hybridized carbons (Fsp3) is 0.533. The Morgan fingerprint density at radius 1 is 1.43 bits per heavy atom. The highest BCUT2D eigenvalue weighted by atomic mass is 35.5. The zero-order valence-corrected chi connectivity index (χ0v) is 14.3. The largest absolute Gasteiger partial charge is 0.494 e. The second kappa shape index (κ2) is 9.13. The molecule has 0 bridgehead atoms. The molecule has 0 heterocycles. The van der Waals surface area contributed by atoms with E-state index in [0.29, 0.717) is 26.0 Å². The first-order valence-corrected chi connectivity index (χ1v) is 7.10. The Kier molecular flexibility index (Phi) is 8.71. The van der Waals surface area contributed by atoms with Crippen LogP contribution >= 0.6 is 24.0 Å². The number of halogens is 2. The van der Waals surface area contributed by atoms with Crippen molar-refractivity contribution in [1.82, 2.24) is 5.32 Å². The summed E-state index contributed by atoms with van der Waals surface area (Å²) in [6, 6.07) is 5.52. The number of nitrogens with one attached hydrogen (secondary N) is 1. The van der Waals surface area contributed by atoms with Gasteiger partial charge in [0.15, 0.2) is 0 Å². The van der Waals surface area contributed by atoms with Crippen molar-refractivity contribution >= 4 is 29.9 Å². The van der Waals surface area contributed by atoms with Gasteiger partial charge in [-0.1, -0.05) is 11.6 Å². The summed E-state index contributed by atoms with van der Waals surface area (Å²) < 4.78 is 5.57.